The van der Waals surface area contributed by atoms with Crippen molar-refractivity contribution in [1.82, 2.24) is 24.1 Å². The number of hydrogen-bond donors (Lipinski definition) is 0. The van der Waals surface area contributed by atoms with E-state index in [2.05, 4.69) is 362 Å². The molecule has 0 unspecified atom stereocenters. The fourth-order valence-corrected chi connectivity index (χ4v) is 17.2. The molecule has 0 saturated heterocycles. The van der Waals surface area contributed by atoms with Gasteiger partial charge in [0.1, 0.15) is 5.82 Å². The van der Waals surface area contributed by atoms with Crippen molar-refractivity contribution in [2.24, 2.45) is 0 Å². The van der Waals surface area contributed by atoms with E-state index in [1.54, 1.807) is 18.3 Å². The van der Waals surface area contributed by atoms with E-state index < -0.39 is 0 Å². The minimum atomic E-state index is -0.134. The standard InChI is InChI=1S/C53H36N2.C41H29N3.C9H7NO.Li/c1-2-16-44(17-3-1)55-50-21-11-10-20-49(50)54-53(55)38-26-22-37(23-27-38)41-30-31-47-48(34-41)52(43-29-25-36-13-5-7-15-40(36)33-43)46-19-9-8-18-45(46)51(47)42-28-24-35-12-4-6-14-39(35)32-42;1-41(2)34-18-10-8-16-31(34)39-37(41)32-17-9-11-19-36(32)44(39)40-42-35-23-22-30(29-21-20-26-12-6-7-15-28(26)24-29)25-33(35)38(43-40)27-13-4-3-5-14-27;11-8-5-1-3-7-4-2-6-10-9(7)8;/h1-5,7-13,15-34H,6,14H2;3-25H,1-2H3;1-6,11H;/q;;;+1. The number of nitrogens with zero attached hydrogens (tertiary/aromatic N) is 5. The molecule has 0 bridgehead atoms. The van der Waals surface area contributed by atoms with Crippen LogP contribution in [-0.4, -0.2) is 24.1 Å². The molecule has 0 amide bonds. The molecule has 111 heavy (non-hydrogen) atoms. The van der Waals surface area contributed by atoms with Gasteiger partial charge in [0.05, 0.1) is 33.5 Å². The minimum absolute atomic E-state index is 0. The first kappa shape index (κ1) is 68.0. The van der Waals surface area contributed by atoms with Crippen molar-refractivity contribution in [3.8, 4) is 95.8 Å². The molecule has 520 valence electrons. The van der Waals surface area contributed by atoms with Gasteiger partial charge in [-0.25, -0.2) is 19.9 Å². The van der Waals surface area contributed by atoms with E-state index in [1.807, 2.05) is 18.2 Å². The normalized spacial score (nSPS) is 12.5. The number of imidazole rings is 1. The maximum Gasteiger partial charge on any atom is 1.00 e. The maximum atomic E-state index is 11.1. The summed E-state index contributed by atoms with van der Waals surface area (Å²) in [5, 5.41) is 24.4. The number of aryl methyl sites for hydroxylation is 1. The van der Waals surface area contributed by atoms with E-state index in [4.69, 9.17) is 15.0 Å². The number of hydrogen-bond acceptors (Lipinski definition) is 4. The Bertz CT molecular complexity index is 7070. The predicted octanol–water partition coefficient (Wildman–Crippen LogP) is 22.2. The molecular formula is C103H72LiN6O+. The van der Waals surface area contributed by atoms with Crippen molar-refractivity contribution >= 4 is 92.9 Å². The fourth-order valence-electron chi connectivity index (χ4n) is 17.2. The Balaban J connectivity index is 0.000000133. The molecule has 16 aromatic carbocycles. The van der Waals surface area contributed by atoms with Crippen molar-refractivity contribution < 1.29 is 29.0 Å². The summed E-state index contributed by atoms with van der Waals surface area (Å²) in [6.45, 7) is 4.67. The number of benzene rings is 16. The van der Waals surface area contributed by atoms with Crippen molar-refractivity contribution in [2.75, 3.05) is 0 Å². The first-order chi connectivity index (χ1) is 54.2. The largest absolute Gasteiger partial charge is 1.00 e. The summed E-state index contributed by atoms with van der Waals surface area (Å²) in [6.07, 6.45) is 8.48. The third-order valence-electron chi connectivity index (χ3n) is 22.5. The van der Waals surface area contributed by atoms with Crippen LogP contribution in [0.1, 0.15) is 42.5 Å². The van der Waals surface area contributed by atoms with Gasteiger partial charge in [0.2, 0.25) is 11.5 Å². The van der Waals surface area contributed by atoms with Crippen molar-refractivity contribution in [3.05, 3.63) is 386 Å². The predicted molar refractivity (Wildman–Crippen MR) is 455 cm³/mol. The van der Waals surface area contributed by atoms with Crippen LogP contribution in [0, 0.1) is 0 Å². The zero-order valence-electron chi connectivity index (χ0n) is 61.8. The van der Waals surface area contributed by atoms with Gasteiger partial charge in [0, 0.05) is 50.0 Å². The van der Waals surface area contributed by atoms with E-state index >= 15 is 0 Å². The molecule has 1 N–H and O–H groups in total. The molecule has 8 heteroatoms. The number of aromatic nitrogens is 6. The zero-order valence-corrected chi connectivity index (χ0v) is 61.8. The van der Waals surface area contributed by atoms with Crippen LogP contribution >= 0.6 is 0 Å². The number of fused-ring (bicyclic) bond motifs is 13. The first-order valence-corrected chi connectivity index (χ1v) is 37.8. The summed E-state index contributed by atoms with van der Waals surface area (Å²) in [5.41, 5.74) is 26.5. The van der Waals surface area contributed by atoms with Gasteiger partial charge in [0.15, 0.2) is 6.20 Å². The molecule has 4 aromatic heterocycles. The van der Waals surface area contributed by atoms with Crippen molar-refractivity contribution in [2.45, 2.75) is 32.1 Å². The van der Waals surface area contributed by atoms with Gasteiger partial charge in [-0.2, -0.15) is 0 Å². The second-order valence-corrected chi connectivity index (χ2v) is 29.3. The molecule has 0 atom stereocenters. The van der Waals surface area contributed by atoms with Gasteiger partial charge >= 0.3 is 18.9 Å². The Labute approximate surface area is 655 Å². The molecule has 0 spiro atoms. The Kier molecular flexibility index (Phi) is 17.3. The van der Waals surface area contributed by atoms with Crippen molar-refractivity contribution in [1.29, 1.82) is 0 Å². The number of pyridine rings is 1. The SMILES string of the molecule is C1=Cc2ccc(-c3c4ccccc4c(-c4ccc5ccccc5c4)c4cc(-c5ccc(-c6nc7ccccc7n6-c6ccccc6)cc5)ccc34)cc2CC1.CC1(C)c2ccccc2-c2c1c1ccccc1n2-c1nc(-c2ccccc2)c2cc(-c3ccc4ccccc4c3)ccc2n1.[Li+].[O-]c1cccc2ccc[nH+]c12. The van der Waals surface area contributed by atoms with Crippen LogP contribution in [0.2, 0.25) is 0 Å². The summed E-state index contributed by atoms with van der Waals surface area (Å²) in [4.78, 5) is 18.7. The minimum Gasteiger partial charge on any atom is -0.868 e. The molecule has 0 saturated carbocycles. The molecule has 20 aromatic rings. The van der Waals surface area contributed by atoms with Gasteiger partial charge in [-0.05, 0) is 201 Å². The van der Waals surface area contributed by atoms with Crippen LogP contribution in [0.15, 0.2) is 364 Å². The molecule has 2 aliphatic carbocycles. The van der Waals surface area contributed by atoms with Gasteiger partial charge in [-0.3, -0.25) is 9.13 Å². The molecule has 0 fully saturated rings. The Hall–Kier alpha value is -13.5. The topological polar surface area (TPSA) is 85.7 Å². The van der Waals surface area contributed by atoms with Crippen LogP contribution in [0.4, 0.5) is 0 Å². The zero-order chi connectivity index (χ0) is 73.4. The second kappa shape index (κ2) is 28.2. The smallest absolute Gasteiger partial charge is 0.868 e. The quantitative estimate of drug-likeness (QED) is 0.112. The molecule has 0 aliphatic heterocycles. The Morgan fingerprint density at radius 3 is 1.71 bits per heavy atom. The van der Waals surface area contributed by atoms with Crippen LogP contribution in [-0.2, 0) is 11.8 Å². The van der Waals surface area contributed by atoms with Crippen LogP contribution in [0.3, 0.4) is 0 Å². The van der Waals surface area contributed by atoms with Crippen LogP contribution in [0.5, 0.6) is 5.75 Å². The average Bonchev–Trinajstić information content (AvgIpc) is 1.56. The van der Waals surface area contributed by atoms with Gasteiger partial charge in [-0.1, -0.05) is 299 Å². The van der Waals surface area contributed by atoms with E-state index in [-0.39, 0.29) is 30.0 Å². The summed E-state index contributed by atoms with van der Waals surface area (Å²) in [6, 6.07) is 125. The van der Waals surface area contributed by atoms with Gasteiger partial charge in [-0.15, -0.1) is 0 Å². The number of nitrogens with one attached hydrogen (secondary N) is 1. The fraction of sp³-hybridized carbons (Fsp3) is 0.0485. The van der Waals surface area contributed by atoms with E-state index in [0.29, 0.717) is 11.5 Å². The number of allylic oxidation sites excluding steroid dienone is 1. The molecule has 2 aliphatic rings. The molecule has 7 nitrogen and oxygen atoms in total. The molecular weight excluding hydrogens is 1340 g/mol. The summed E-state index contributed by atoms with van der Waals surface area (Å²) in [7, 11) is 0. The maximum absolute atomic E-state index is 11.1. The summed E-state index contributed by atoms with van der Waals surface area (Å²) < 4.78 is 4.56. The number of rotatable bonds is 8. The summed E-state index contributed by atoms with van der Waals surface area (Å²) >= 11 is 0. The third-order valence-corrected chi connectivity index (χ3v) is 22.5. The summed E-state index contributed by atoms with van der Waals surface area (Å²) in [5.74, 6) is 1.68. The van der Waals surface area contributed by atoms with E-state index in [9.17, 15) is 5.11 Å². The van der Waals surface area contributed by atoms with E-state index in [1.165, 1.54) is 121 Å². The monoisotopic (exact) mass is 1420 g/mol. The molecule has 4 heterocycles. The van der Waals surface area contributed by atoms with E-state index in [0.717, 1.165) is 79.6 Å². The average molecular weight is 1420 g/mol. The molecule has 0 radical (unpaired) electrons. The Morgan fingerprint density at radius 1 is 0.378 bits per heavy atom. The number of aromatic amines is 1. The van der Waals surface area contributed by atoms with Crippen LogP contribution in [0.25, 0.3) is 183 Å². The number of para-hydroxylation sites is 5. The first-order valence-electron chi connectivity index (χ1n) is 37.8. The third kappa shape index (κ3) is 12.0. The van der Waals surface area contributed by atoms with Crippen molar-refractivity contribution in [3.63, 3.8) is 0 Å². The van der Waals surface area contributed by atoms with Gasteiger partial charge < -0.3 is 5.11 Å². The molecule has 22 rings (SSSR count). The number of H-pyrrole nitrogens is 1. The second-order valence-electron chi connectivity index (χ2n) is 29.3. The van der Waals surface area contributed by atoms with Crippen LogP contribution < -0.4 is 29.0 Å². The van der Waals surface area contributed by atoms with Gasteiger partial charge in [0.25, 0.3) is 0 Å². The Morgan fingerprint density at radius 2 is 0.937 bits per heavy atom.